The molecule has 1 aromatic carbocycles. The average Bonchev–Trinajstić information content (AvgIpc) is 3.13. The topological polar surface area (TPSA) is 90.9 Å². The van der Waals surface area contributed by atoms with Crippen LogP contribution in [0.2, 0.25) is 0 Å². The number of carbonyl (C=O) groups is 1. The van der Waals surface area contributed by atoms with Crippen molar-refractivity contribution < 1.29 is 18.0 Å². The summed E-state index contributed by atoms with van der Waals surface area (Å²) in [7, 11) is 2.91. The van der Waals surface area contributed by atoms with E-state index in [-0.39, 0.29) is 30.0 Å². The van der Waals surface area contributed by atoms with E-state index in [4.69, 9.17) is 0 Å². The summed E-state index contributed by atoms with van der Waals surface area (Å²) in [5, 5.41) is 2.66. The first-order chi connectivity index (χ1) is 14.1. The number of hydrogen-bond donors (Lipinski definition) is 1. The Morgan fingerprint density at radius 3 is 2.40 bits per heavy atom. The summed E-state index contributed by atoms with van der Waals surface area (Å²) in [6, 6.07) is 4.58. The van der Waals surface area contributed by atoms with Crippen molar-refractivity contribution in [1.82, 2.24) is 24.0 Å². The molecule has 0 saturated carbocycles. The van der Waals surface area contributed by atoms with Crippen LogP contribution < -0.4 is 16.6 Å². The number of carbonyl (C=O) groups excluding carboxylic acids is 1. The summed E-state index contributed by atoms with van der Waals surface area (Å²) in [5.74, 6) is -0.264. The quantitative estimate of drug-likeness (QED) is 0.651. The van der Waals surface area contributed by atoms with Crippen molar-refractivity contribution in [3.05, 3.63) is 62.6 Å². The van der Waals surface area contributed by atoms with Gasteiger partial charge in [0.1, 0.15) is 0 Å². The van der Waals surface area contributed by atoms with Crippen LogP contribution in [-0.2, 0) is 38.2 Å². The lowest BCUT2D eigenvalue weighted by molar-refractivity contribution is -0.137. The van der Waals surface area contributed by atoms with Gasteiger partial charge in [-0.15, -0.1) is 0 Å². The lowest BCUT2D eigenvalue weighted by atomic mass is 10.1. The van der Waals surface area contributed by atoms with E-state index >= 15 is 0 Å². The van der Waals surface area contributed by atoms with Gasteiger partial charge in [0.05, 0.1) is 11.9 Å². The molecule has 0 radical (unpaired) electrons. The van der Waals surface area contributed by atoms with Gasteiger partial charge < -0.3 is 9.88 Å². The molecule has 3 aromatic rings. The zero-order chi connectivity index (χ0) is 22.1. The second-order valence-corrected chi connectivity index (χ2v) is 6.89. The van der Waals surface area contributed by atoms with E-state index in [1.807, 2.05) is 0 Å². The Labute approximate surface area is 168 Å². The SMILES string of the molecule is Cn1c(=O)c2c(ncn2CCCC(=O)NCc2ccc(C(F)(F)F)cc2)n(C)c1=O. The van der Waals surface area contributed by atoms with Gasteiger partial charge in [0.15, 0.2) is 11.2 Å². The van der Waals surface area contributed by atoms with Gasteiger partial charge in [-0.2, -0.15) is 13.2 Å². The Bertz CT molecular complexity index is 1190. The first kappa shape index (κ1) is 21.3. The van der Waals surface area contributed by atoms with Crippen molar-refractivity contribution in [1.29, 1.82) is 0 Å². The van der Waals surface area contributed by atoms with Crippen molar-refractivity contribution in [2.75, 3.05) is 0 Å². The zero-order valence-electron chi connectivity index (χ0n) is 16.4. The number of nitrogens with zero attached hydrogens (tertiary/aromatic N) is 4. The maximum Gasteiger partial charge on any atom is 0.416 e. The monoisotopic (exact) mass is 423 g/mol. The number of aryl methyl sites for hydroxylation is 2. The van der Waals surface area contributed by atoms with E-state index in [0.29, 0.717) is 18.5 Å². The van der Waals surface area contributed by atoms with Gasteiger partial charge in [-0.3, -0.25) is 18.7 Å². The molecule has 11 heteroatoms. The number of imidazole rings is 1. The molecule has 1 N–H and O–H groups in total. The number of benzene rings is 1. The van der Waals surface area contributed by atoms with Crippen LogP contribution in [0.1, 0.15) is 24.0 Å². The van der Waals surface area contributed by atoms with E-state index in [2.05, 4.69) is 10.3 Å². The van der Waals surface area contributed by atoms with Crippen LogP contribution in [0.5, 0.6) is 0 Å². The van der Waals surface area contributed by atoms with Crippen molar-refractivity contribution in [3.8, 4) is 0 Å². The zero-order valence-corrected chi connectivity index (χ0v) is 16.4. The molecule has 1 amide bonds. The third-order valence-electron chi connectivity index (χ3n) is 4.79. The normalized spacial score (nSPS) is 11.8. The second-order valence-electron chi connectivity index (χ2n) is 6.89. The minimum Gasteiger partial charge on any atom is -0.352 e. The molecule has 0 aliphatic carbocycles. The minimum atomic E-state index is -4.40. The largest absolute Gasteiger partial charge is 0.416 e. The van der Waals surface area contributed by atoms with Gasteiger partial charge in [-0.05, 0) is 24.1 Å². The van der Waals surface area contributed by atoms with E-state index in [1.54, 1.807) is 4.57 Å². The number of halogens is 3. The first-order valence-electron chi connectivity index (χ1n) is 9.13. The van der Waals surface area contributed by atoms with Gasteiger partial charge in [-0.1, -0.05) is 12.1 Å². The molecule has 2 heterocycles. The van der Waals surface area contributed by atoms with Crippen LogP contribution in [0.25, 0.3) is 11.2 Å². The molecule has 8 nitrogen and oxygen atoms in total. The molecule has 3 rings (SSSR count). The number of fused-ring (bicyclic) bond motifs is 1. The van der Waals surface area contributed by atoms with Gasteiger partial charge in [0.2, 0.25) is 5.91 Å². The van der Waals surface area contributed by atoms with Gasteiger partial charge >= 0.3 is 11.9 Å². The van der Waals surface area contributed by atoms with Crippen LogP contribution in [0.15, 0.2) is 40.2 Å². The third kappa shape index (κ3) is 4.29. The van der Waals surface area contributed by atoms with Crippen molar-refractivity contribution in [3.63, 3.8) is 0 Å². The molecule has 0 fully saturated rings. The molecule has 2 aromatic heterocycles. The number of alkyl halides is 3. The lowest BCUT2D eigenvalue weighted by Crippen LogP contribution is -2.37. The van der Waals surface area contributed by atoms with E-state index in [9.17, 15) is 27.6 Å². The van der Waals surface area contributed by atoms with Crippen LogP contribution >= 0.6 is 0 Å². The van der Waals surface area contributed by atoms with Crippen LogP contribution in [0.4, 0.5) is 13.2 Å². The van der Waals surface area contributed by atoms with Crippen LogP contribution in [0.3, 0.4) is 0 Å². The summed E-state index contributed by atoms with van der Waals surface area (Å²) in [6.07, 6.45) is -2.37. The highest BCUT2D eigenvalue weighted by Gasteiger charge is 2.29. The Morgan fingerprint density at radius 1 is 1.10 bits per heavy atom. The van der Waals surface area contributed by atoms with E-state index in [0.717, 1.165) is 16.7 Å². The summed E-state index contributed by atoms with van der Waals surface area (Å²) in [6.45, 7) is 0.464. The summed E-state index contributed by atoms with van der Waals surface area (Å²) in [4.78, 5) is 40.4. The molecule has 30 heavy (non-hydrogen) atoms. The summed E-state index contributed by atoms with van der Waals surface area (Å²) < 4.78 is 41.6. The number of aromatic nitrogens is 4. The van der Waals surface area contributed by atoms with E-state index < -0.39 is 23.0 Å². The maximum absolute atomic E-state index is 12.6. The average molecular weight is 423 g/mol. The molecule has 0 aliphatic heterocycles. The molecule has 0 spiro atoms. The van der Waals surface area contributed by atoms with Gasteiger partial charge in [-0.25, -0.2) is 9.78 Å². The number of nitrogens with one attached hydrogen (secondary N) is 1. The fourth-order valence-electron chi connectivity index (χ4n) is 3.08. The summed E-state index contributed by atoms with van der Waals surface area (Å²) >= 11 is 0. The minimum absolute atomic E-state index is 0.119. The maximum atomic E-state index is 12.6. The van der Waals surface area contributed by atoms with Crippen molar-refractivity contribution >= 4 is 17.1 Å². The van der Waals surface area contributed by atoms with Crippen LogP contribution in [0, 0.1) is 0 Å². The molecule has 0 aliphatic rings. The molecule has 0 unspecified atom stereocenters. The lowest BCUT2D eigenvalue weighted by Gasteiger charge is -2.09. The fraction of sp³-hybridized carbons (Fsp3) is 0.368. The Hall–Kier alpha value is -3.37. The molecule has 0 atom stereocenters. The van der Waals surface area contributed by atoms with Crippen molar-refractivity contribution in [2.24, 2.45) is 14.1 Å². The highest BCUT2D eigenvalue weighted by molar-refractivity contribution is 5.75. The standard InChI is InChI=1S/C19H20F3N5O3/c1-25-16-15(17(29)26(2)18(25)30)27(11-24-16)9-3-4-14(28)23-10-12-5-7-13(8-6-12)19(20,21)22/h5-8,11H,3-4,9-10H2,1-2H3,(H,23,28). The second kappa shape index (κ2) is 8.17. The van der Waals surface area contributed by atoms with Crippen LogP contribution in [-0.4, -0.2) is 24.6 Å². The first-order valence-corrected chi connectivity index (χ1v) is 9.13. The predicted molar refractivity (Wildman–Crippen MR) is 103 cm³/mol. The number of rotatable bonds is 6. The molecule has 0 saturated heterocycles. The summed E-state index contributed by atoms with van der Waals surface area (Å²) in [5.41, 5.74) is -0.562. The Balaban J connectivity index is 1.56. The molecular weight excluding hydrogens is 403 g/mol. The highest BCUT2D eigenvalue weighted by atomic mass is 19.4. The smallest absolute Gasteiger partial charge is 0.352 e. The molecular formula is C19H20F3N5O3. The third-order valence-corrected chi connectivity index (χ3v) is 4.79. The Morgan fingerprint density at radius 2 is 1.77 bits per heavy atom. The van der Waals surface area contributed by atoms with E-state index in [1.165, 1.54) is 37.1 Å². The molecule has 0 bridgehead atoms. The number of amides is 1. The van der Waals surface area contributed by atoms with Crippen molar-refractivity contribution in [2.45, 2.75) is 32.1 Å². The highest BCUT2D eigenvalue weighted by Crippen LogP contribution is 2.29. The fourth-order valence-corrected chi connectivity index (χ4v) is 3.08. The molecule has 160 valence electrons. The van der Waals surface area contributed by atoms with Gasteiger partial charge in [0, 0.05) is 33.6 Å². The number of hydrogen-bond acceptors (Lipinski definition) is 4. The van der Waals surface area contributed by atoms with Gasteiger partial charge in [0.25, 0.3) is 5.56 Å². The Kier molecular flexibility index (Phi) is 5.81. The predicted octanol–water partition coefficient (Wildman–Crippen LogP) is 1.55.